The first kappa shape index (κ1) is 19.5. The molecule has 1 aromatic rings. The van der Waals surface area contributed by atoms with Gasteiger partial charge in [-0.25, -0.2) is 0 Å². The Morgan fingerprint density at radius 1 is 1.22 bits per heavy atom. The van der Waals surface area contributed by atoms with Crippen LogP contribution in [0, 0.1) is 5.92 Å². The van der Waals surface area contributed by atoms with E-state index in [0.29, 0.717) is 23.5 Å². The van der Waals surface area contributed by atoms with Gasteiger partial charge >= 0.3 is 5.97 Å². The van der Waals surface area contributed by atoms with Crippen LogP contribution >= 0.6 is 0 Å². The van der Waals surface area contributed by atoms with Gasteiger partial charge in [-0.2, -0.15) is 0 Å². The average molecular weight is 372 g/mol. The van der Waals surface area contributed by atoms with E-state index in [1.807, 2.05) is 33.8 Å². The zero-order chi connectivity index (χ0) is 19.9. The second-order valence-electron chi connectivity index (χ2n) is 7.90. The van der Waals surface area contributed by atoms with Crippen molar-refractivity contribution >= 4 is 11.8 Å². The molecular formula is C22H28O5. The second-order valence-corrected chi connectivity index (χ2v) is 7.90. The summed E-state index contributed by atoms with van der Waals surface area (Å²) in [7, 11) is 0. The lowest BCUT2D eigenvalue weighted by Gasteiger charge is -2.35. The van der Waals surface area contributed by atoms with Gasteiger partial charge in [-0.3, -0.25) is 9.59 Å². The standard InChI is InChI=1S/C22H28O5/c1-6-7-14-10-16(23)27-21-15(9-8-11(2)3)20(25)18-19(24)12(4)13(5)26-22(18)17(14)21/h8,12-14,25H,6-7,9-10H2,1-5H3/t12-,13-,14-/m1/s1. The fourth-order valence-electron chi connectivity index (χ4n) is 3.88. The molecule has 3 atom stereocenters. The lowest BCUT2D eigenvalue weighted by Crippen LogP contribution is -2.35. The van der Waals surface area contributed by atoms with Gasteiger partial charge in [0.25, 0.3) is 0 Å². The first-order valence-electron chi connectivity index (χ1n) is 9.72. The molecule has 0 aromatic heterocycles. The summed E-state index contributed by atoms with van der Waals surface area (Å²) in [5.74, 6) is -0.155. The number of aromatic hydroxyl groups is 1. The number of hydrogen-bond donors (Lipinski definition) is 1. The summed E-state index contributed by atoms with van der Waals surface area (Å²) in [4.78, 5) is 25.2. The number of carbonyl (C=O) groups excluding carboxylic acids is 2. The first-order chi connectivity index (χ1) is 12.8. The zero-order valence-electron chi connectivity index (χ0n) is 16.7. The molecule has 0 unspecified atom stereocenters. The molecule has 0 amide bonds. The van der Waals surface area contributed by atoms with E-state index < -0.39 is 0 Å². The molecule has 5 heteroatoms. The number of esters is 1. The topological polar surface area (TPSA) is 72.8 Å². The fraction of sp³-hybridized carbons (Fsp3) is 0.545. The lowest BCUT2D eigenvalue weighted by molar-refractivity contribution is -0.136. The minimum absolute atomic E-state index is 0.0699. The molecule has 0 bridgehead atoms. The lowest BCUT2D eigenvalue weighted by atomic mass is 9.80. The maximum atomic E-state index is 13.0. The molecule has 0 saturated carbocycles. The molecule has 1 N–H and O–H groups in total. The van der Waals surface area contributed by atoms with Gasteiger partial charge in [0.2, 0.25) is 0 Å². The average Bonchev–Trinajstić information content (AvgIpc) is 2.58. The van der Waals surface area contributed by atoms with Crippen molar-refractivity contribution in [3.8, 4) is 17.2 Å². The minimum Gasteiger partial charge on any atom is -0.507 e. The van der Waals surface area contributed by atoms with Crippen LogP contribution in [0.3, 0.4) is 0 Å². The normalized spacial score (nSPS) is 23.8. The molecular weight excluding hydrogens is 344 g/mol. The number of Topliss-reactive ketones (excluding diaryl/α,β-unsaturated/α-hetero) is 1. The van der Waals surface area contributed by atoms with Crippen molar-refractivity contribution in [3.63, 3.8) is 0 Å². The van der Waals surface area contributed by atoms with E-state index in [1.54, 1.807) is 0 Å². The summed E-state index contributed by atoms with van der Waals surface area (Å²) < 4.78 is 11.7. The maximum Gasteiger partial charge on any atom is 0.311 e. The number of ketones is 1. The van der Waals surface area contributed by atoms with Gasteiger partial charge in [-0.05, 0) is 33.6 Å². The van der Waals surface area contributed by atoms with Gasteiger partial charge in [-0.15, -0.1) is 0 Å². The minimum atomic E-state index is -0.339. The van der Waals surface area contributed by atoms with E-state index in [4.69, 9.17) is 9.47 Å². The smallest absolute Gasteiger partial charge is 0.311 e. The van der Waals surface area contributed by atoms with Crippen LogP contribution in [0.1, 0.15) is 81.3 Å². The number of rotatable bonds is 4. The molecule has 2 aliphatic heterocycles. The Bertz CT molecular complexity index is 817. The number of phenols is 1. The van der Waals surface area contributed by atoms with Gasteiger partial charge in [0.15, 0.2) is 5.78 Å². The Labute approximate surface area is 160 Å². The van der Waals surface area contributed by atoms with Crippen LogP contribution in [0.5, 0.6) is 17.2 Å². The van der Waals surface area contributed by atoms with Crippen LogP contribution in [0.15, 0.2) is 11.6 Å². The van der Waals surface area contributed by atoms with E-state index in [1.165, 1.54) is 0 Å². The summed E-state index contributed by atoms with van der Waals surface area (Å²) in [6.07, 6.45) is 4.02. The van der Waals surface area contributed by atoms with E-state index in [0.717, 1.165) is 24.0 Å². The Morgan fingerprint density at radius 2 is 1.93 bits per heavy atom. The number of carbonyl (C=O) groups is 2. The Morgan fingerprint density at radius 3 is 2.56 bits per heavy atom. The van der Waals surface area contributed by atoms with Crippen molar-refractivity contribution in [1.29, 1.82) is 0 Å². The van der Waals surface area contributed by atoms with Gasteiger partial charge < -0.3 is 14.6 Å². The highest BCUT2D eigenvalue weighted by atomic mass is 16.5. The zero-order valence-corrected chi connectivity index (χ0v) is 16.7. The predicted octanol–water partition coefficient (Wildman–Crippen LogP) is 4.69. The van der Waals surface area contributed by atoms with Crippen molar-refractivity contribution in [2.45, 2.75) is 72.3 Å². The van der Waals surface area contributed by atoms with Crippen LogP contribution in [-0.4, -0.2) is 23.0 Å². The molecule has 3 rings (SSSR count). The monoisotopic (exact) mass is 372 g/mol. The molecule has 5 nitrogen and oxygen atoms in total. The summed E-state index contributed by atoms with van der Waals surface area (Å²) in [6, 6.07) is 0. The molecule has 1 aromatic carbocycles. The number of hydrogen-bond acceptors (Lipinski definition) is 5. The van der Waals surface area contributed by atoms with Crippen LogP contribution < -0.4 is 9.47 Å². The van der Waals surface area contributed by atoms with E-state index in [2.05, 4.69) is 6.92 Å². The largest absolute Gasteiger partial charge is 0.507 e. The van der Waals surface area contributed by atoms with Crippen LogP contribution in [0.4, 0.5) is 0 Å². The number of phenolic OH excluding ortho intramolecular Hbond substituents is 1. The fourth-order valence-corrected chi connectivity index (χ4v) is 3.88. The van der Waals surface area contributed by atoms with Crippen LogP contribution in [0.25, 0.3) is 0 Å². The van der Waals surface area contributed by atoms with Crippen molar-refractivity contribution in [2.24, 2.45) is 5.92 Å². The van der Waals surface area contributed by atoms with Gasteiger partial charge in [0.05, 0.1) is 12.3 Å². The summed E-state index contributed by atoms with van der Waals surface area (Å²) in [5.41, 5.74) is 2.60. The van der Waals surface area contributed by atoms with Crippen molar-refractivity contribution in [3.05, 3.63) is 28.3 Å². The van der Waals surface area contributed by atoms with Crippen molar-refractivity contribution in [2.75, 3.05) is 0 Å². The third-order valence-corrected chi connectivity index (χ3v) is 5.57. The van der Waals surface area contributed by atoms with Gasteiger partial charge in [-0.1, -0.05) is 31.9 Å². The second kappa shape index (κ2) is 7.37. The molecule has 0 fully saturated rings. The Kier molecular flexibility index (Phi) is 5.31. The van der Waals surface area contributed by atoms with Gasteiger partial charge in [0, 0.05) is 17.0 Å². The summed E-state index contributed by atoms with van der Waals surface area (Å²) >= 11 is 0. The summed E-state index contributed by atoms with van der Waals surface area (Å²) in [6.45, 7) is 9.66. The highest BCUT2D eigenvalue weighted by Gasteiger charge is 2.42. The van der Waals surface area contributed by atoms with Crippen LogP contribution in [0.2, 0.25) is 0 Å². The maximum absolute atomic E-state index is 13.0. The van der Waals surface area contributed by atoms with E-state index in [-0.39, 0.29) is 47.4 Å². The third kappa shape index (κ3) is 3.35. The molecule has 2 aliphatic rings. The molecule has 146 valence electrons. The van der Waals surface area contributed by atoms with E-state index in [9.17, 15) is 14.7 Å². The number of fused-ring (bicyclic) bond motifs is 3. The molecule has 0 radical (unpaired) electrons. The van der Waals surface area contributed by atoms with E-state index >= 15 is 0 Å². The van der Waals surface area contributed by atoms with Gasteiger partial charge in [0.1, 0.15) is 28.9 Å². The summed E-state index contributed by atoms with van der Waals surface area (Å²) in [5, 5.41) is 11.0. The molecule has 27 heavy (non-hydrogen) atoms. The van der Waals surface area contributed by atoms with Crippen LogP contribution in [-0.2, 0) is 11.2 Å². The van der Waals surface area contributed by atoms with Crippen molar-refractivity contribution in [1.82, 2.24) is 0 Å². The number of ether oxygens (including phenoxy) is 2. The molecule has 2 heterocycles. The quantitative estimate of drug-likeness (QED) is 0.471. The Balaban J connectivity index is 2.31. The predicted molar refractivity (Wildman–Crippen MR) is 103 cm³/mol. The SMILES string of the molecule is CCC[C@@H]1CC(=O)Oc2c(CC=C(C)C)c(O)c3c(c21)O[C@H](C)[C@@H](C)C3=O. The Hall–Kier alpha value is -2.30. The first-order valence-corrected chi connectivity index (χ1v) is 9.72. The number of benzene rings is 1. The third-order valence-electron chi connectivity index (χ3n) is 5.57. The highest BCUT2D eigenvalue weighted by Crippen LogP contribution is 2.53. The number of allylic oxidation sites excluding steroid dienone is 2. The highest BCUT2D eigenvalue weighted by molar-refractivity contribution is 6.05. The van der Waals surface area contributed by atoms with Crippen molar-refractivity contribution < 1.29 is 24.2 Å². The molecule has 0 aliphatic carbocycles. The molecule has 0 spiro atoms. The molecule has 0 saturated heterocycles.